The standard InChI is InChI=1S/C22H25N5O5S/c1-13(14-6-7-17(29-2)16(8-14)11-33-22-23-12-24-27-22)25-26-21(28)15-9-18(30-3)20(32-5)19(10-15)31-4/h6-10,12H,11H2,1-5H3,(H,26,28)(H,23,24,27)/b25-13-. The lowest BCUT2D eigenvalue weighted by Gasteiger charge is -2.13. The Morgan fingerprint density at radius 2 is 1.70 bits per heavy atom. The van der Waals surface area contributed by atoms with Gasteiger partial charge in [0.25, 0.3) is 5.91 Å². The molecule has 1 amide bonds. The molecule has 3 rings (SSSR count). The van der Waals surface area contributed by atoms with Crippen LogP contribution in [-0.2, 0) is 5.75 Å². The van der Waals surface area contributed by atoms with Crippen molar-refractivity contribution < 1.29 is 23.7 Å². The van der Waals surface area contributed by atoms with E-state index < -0.39 is 5.91 Å². The zero-order valence-electron chi connectivity index (χ0n) is 19.0. The van der Waals surface area contributed by atoms with Crippen LogP contribution in [-0.4, -0.2) is 55.2 Å². The molecule has 0 unspecified atom stereocenters. The number of hydrazone groups is 1. The van der Waals surface area contributed by atoms with Crippen LogP contribution in [0.25, 0.3) is 0 Å². The van der Waals surface area contributed by atoms with Gasteiger partial charge in [-0.3, -0.25) is 9.89 Å². The van der Waals surface area contributed by atoms with Crippen molar-refractivity contribution in [3.63, 3.8) is 0 Å². The average molecular weight is 472 g/mol. The number of H-pyrrole nitrogens is 1. The van der Waals surface area contributed by atoms with E-state index in [2.05, 4.69) is 25.7 Å². The van der Waals surface area contributed by atoms with Gasteiger partial charge in [0.15, 0.2) is 16.7 Å². The highest BCUT2D eigenvalue weighted by atomic mass is 32.2. The number of nitrogens with one attached hydrogen (secondary N) is 2. The molecule has 0 bridgehead atoms. The number of carbonyl (C=O) groups is 1. The summed E-state index contributed by atoms with van der Waals surface area (Å²) in [6.45, 7) is 1.81. The van der Waals surface area contributed by atoms with Gasteiger partial charge < -0.3 is 18.9 Å². The van der Waals surface area contributed by atoms with Crippen molar-refractivity contribution in [3.05, 3.63) is 53.3 Å². The van der Waals surface area contributed by atoms with Gasteiger partial charge in [0.1, 0.15) is 12.1 Å². The number of rotatable bonds is 10. The molecule has 11 heteroatoms. The summed E-state index contributed by atoms with van der Waals surface area (Å²) in [6, 6.07) is 8.84. The van der Waals surface area contributed by atoms with Gasteiger partial charge in [0.2, 0.25) is 5.75 Å². The Hall–Kier alpha value is -3.73. The van der Waals surface area contributed by atoms with E-state index in [9.17, 15) is 4.79 Å². The Morgan fingerprint density at radius 1 is 1.00 bits per heavy atom. The molecule has 0 aliphatic heterocycles. The molecule has 174 valence electrons. The Bertz CT molecular complexity index is 1110. The number of carbonyl (C=O) groups excluding carboxylic acids is 1. The first-order valence-electron chi connectivity index (χ1n) is 9.80. The molecule has 2 aromatic carbocycles. The minimum absolute atomic E-state index is 0.319. The van der Waals surface area contributed by atoms with Crippen LogP contribution in [0.1, 0.15) is 28.4 Å². The predicted molar refractivity (Wildman–Crippen MR) is 125 cm³/mol. The van der Waals surface area contributed by atoms with Crippen molar-refractivity contribution in [1.82, 2.24) is 20.6 Å². The SMILES string of the molecule is COc1ccc(/C(C)=N\NC(=O)c2cc(OC)c(OC)c(OC)c2)cc1CSc1ncn[nH]1. The van der Waals surface area contributed by atoms with Crippen LogP contribution in [0, 0.1) is 0 Å². The largest absolute Gasteiger partial charge is 0.496 e. The van der Waals surface area contributed by atoms with Crippen molar-refractivity contribution in [2.24, 2.45) is 5.10 Å². The lowest BCUT2D eigenvalue weighted by Crippen LogP contribution is -2.19. The van der Waals surface area contributed by atoms with E-state index in [1.807, 2.05) is 25.1 Å². The fourth-order valence-electron chi connectivity index (χ4n) is 3.00. The average Bonchev–Trinajstić information content (AvgIpc) is 3.38. The van der Waals surface area contributed by atoms with Crippen molar-refractivity contribution >= 4 is 23.4 Å². The van der Waals surface area contributed by atoms with Crippen LogP contribution >= 0.6 is 11.8 Å². The number of ether oxygens (including phenoxy) is 4. The number of aromatic amines is 1. The first-order valence-corrected chi connectivity index (χ1v) is 10.8. The second-order valence-electron chi connectivity index (χ2n) is 6.66. The molecule has 1 aromatic heterocycles. The Kier molecular flexibility index (Phi) is 8.14. The van der Waals surface area contributed by atoms with E-state index in [-0.39, 0.29) is 0 Å². The topological polar surface area (TPSA) is 120 Å². The minimum Gasteiger partial charge on any atom is -0.496 e. The van der Waals surface area contributed by atoms with Crippen molar-refractivity contribution in [1.29, 1.82) is 0 Å². The second kappa shape index (κ2) is 11.2. The summed E-state index contributed by atoms with van der Waals surface area (Å²) in [7, 11) is 6.10. The summed E-state index contributed by atoms with van der Waals surface area (Å²) in [4.78, 5) is 16.8. The third kappa shape index (κ3) is 5.75. The first-order chi connectivity index (χ1) is 16.0. The Morgan fingerprint density at radius 3 is 2.27 bits per heavy atom. The van der Waals surface area contributed by atoms with Crippen molar-refractivity contribution in [2.45, 2.75) is 17.8 Å². The summed E-state index contributed by atoms with van der Waals surface area (Å²) in [5, 5.41) is 11.6. The van der Waals surface area contributed by atoms with E-state index in [1.165, 1.54) is 39.4 Å². The fraction of sp³-hybridized carbons (Fsp3) is 0.273. The number of hydrogen-bond donors (Lipinski definition) is 2. The van der Waals surface area contributed by atoms with E-state index in [0.717, 1.165) is 16.9 Å². The molecule has 2 N–H and O–H groups in total. The molecule has 0 spiro atoms. The molecule has 0 aliphatic rings. The zero-order valence-corrected chi connectivity index (χ0v) is 19.8. The maximum Gasteiger partial charge on any atom is 0.271 e. The smallest absolute Gasteiger partial charge is 0.271 e. The monoisotopic (exact) mass is 471 g/mol. The van der Waals surface area contributed by atoms with E-state index >= 15 is 0 Å². The molecule has 3 aromatic rings. The molecular formula is C22H25N5O5S. The van der Waals surface area contributed by atoms with Crippen molar-refractivity contribution in [2.75, 3.05) is 28.4 Å². The third-order valence-electron chi connectivity index (χ3n) is 4.71. The Balaban J connectivity index is 1.77. The van der Waals surface area contributed by atoms with E-state index in [1.54, 1.807) is 19.2 Å². The molecule has 1 heterocycles. The lowest BCUT2D eigenvalue weighted by atomic mass is 10.1. The molecule has 0 radical (unpaired) electrons. The fourth-order valence-corrected chi connectivity index (χ4v) is 3.76. The van der Waals surface area contributed by atoms with E-state index in [0.29, 0.717) is 39.4 Å². The minimum atomic E-state index is -0.414. The summed E-state index contributed by atoms with van der Waals surface area (Å²) in [5.74, 6) is 2.13. The molecule has 10 nitrogen and oxygen atoms in total. The van der Waals surface area contributed by atoms with Gasteiger partial charge in [-0.1, -0.05) is 11.8 Å². The van der Waals surface area contributed by atoms with Crippen LogP contribution in [0.5, 0.6) is 23.0 Å². The predicted octanol–water partition coefficient (Wildman–Crippen LogP) is 3.29. The van der Waals surface area contributed by atoms with Gasteiger partial charge >= 0.3 is 0 Å². The quantitative estimate of drug-likeness (QED) is 0.263. The molecule has 0 saturated carbocycles. The van der Waals surface area contributed by atoms with Gasteiger partial charge in [-0.25, -0.2) is 10.4 Å². The molecule has 0 saturated heterocycles. The number of thioether (sulfide) groups is 1. The number of nitrogens with zero attached hydrogens (tertiary/aromatic N) is 3. The number of methoxy groups -OCH3 is 4. The number of aromatic nitrogens is 3. The molecule has 0 fully saturated rings. The molecule has 0 atom stereocenters. The molecular weight excluding hydrogens is 446 g/mol. The van der Waals surface area contributed by atoms with Gasteiger partial charge in [-0.15, -0.1) is 0 Å². The Labute approximate surface area is 195 Å². The number of hydrogen-bond acceptors (Lipinski definition) is 9. The second-order valence-corrected chi connectivity index (χ2v) is 7.62. The van der Waals surface area contributed by atoms with Gasteiger partial charge in [0, 0.05) is 16.9 Å². The first kappa shape index (κ1) is 23.9. The number of benzene rings is 2. The van der Waals surface area contributed by atoms with Crippen LogP contribution in [0.15, 0.2) is 46.9 Å². The van der Waals surface area contributed by atoms with Crippen LogP contribution in [0.3, 0.4) is 0 Å². The summed E-state index contributed by atoms with van der Waals surface area (Å²) in [5.41, 5.74) is 5.33. The highest BCUT2D eigenvalue weighted by Crippen LogP contribution is 2.38. The maximum atomic E-state index is 12.7. The van der Waals surface area contributed by atoms with Crippen LogP contribution in [0.4, 0.5) is 0 Å². The van der Waals surface area contributed by atoms with E-state index in [4.69, 9.17) is 18.9 Å². The van der Waals surface area contributed by atoms with Gasteiger partial charge in [-0.2, -0.15) is 10.2 Å². The normalized spacial score (nSPS) is 11.1. The third-order valence-corrected chi connectivity index (χ3v) is 5.63. The summed E-state index contributed by atoms with van der Waals surface area (Å²) >= 11 is 1.50. The van der Waals surface area contributed by atoms with Crippen LogP contribution < -0.4 is 24.4 Å². The lowest BCUT2D eigenvalue weighted by molar-refractivity contribution is 0.0954. The molecule has 0 aliphatic carbocycles. The highest BCUT2D eigenvalue weighted by molar-refractivity contribution is 7.98. The zero-order chi connectivity index (χ0) is 23.8. The van der Waals surface area contributed by atoms with Crippen LogP contribution in [0.2, 0.25) is 0 Å². The summed E-state index contributed by atoms with van der Waals surface area (Å²) < 4.78 is 21.4. The summed E-state index contributed by atoms with van der Waals surface area (Å²) in [6.07, 6.45) is 1.46. The molecule has 33 heavy (non-hydrogen) atoms. The highest BCUT2D eigenvalue weighted by Gasteiger charge is 2.17. The maximum absolute atomic E-state index is 12.7. The van der Waals surface area contributed by atoms with Gasteiger partial charge in [0.05, 0.1) is 34.2 Å². The van der Waals surface area contributed by atoms with Crippen molar-refractivity contribution in [3.8, 4) is 23.0 Å². The van der Waals surface area contributed by atoms with Gasteiger partial charge in [-0.05, 0) is 42.8 Å². The number of amides is 1.